The van der Waals surface area contributed by atoms with Gasteiger partial charge in [-0.1, -0.05) is 36.4 Å². The number of aliphatic hydroxyl groups excluding tert-OH is 1. The van der Waals surface area contributed by atoms with Gasteiger partial charge in [-0.2, -0.15) is 0 Å². The standard InChI is InChI=1S/C18H20N2O5/c1-12(18(22)23)17(21)14-8-9-15(16(10-14)20(24)25)19(2)11-13-6-4-3-5-7-13/h3-10,12,17,21H,11H2,1-2H3,(H,22,23). The molecule has 0 aromatic heterocycles. The van der Waals surface area contributed by atoms with E-state index in [-0.39, 0.29) is 11.3 Å². The summed E-state index contributed by atoms with van der Waals surface area (Å²) in [5, 5.41) is 30.5. The van der Waals surface area contributed by atoms with Gasteiger partial charge in [0.15, 0.2) is 0 Å². The quantitative estimate of drug-likeness (QED) is 0.591. The fourth-order valence-electron chi connectivity index (χ4n) is 2.56. The number of nitro groups is 1. The van der Waals surface area contributed by atoms with Crippen molar-refractivity contribution in [2.75, 3.05) is 11.9 Å². The van der Waals surface area contributed by atoms with E-state index in [0.29, 0.717) is 12.2 Å². The Morgan fingerprint density at radius 3 is 2.44 bits per heavy atom. The first-order chi connectivity index (χ1) is 11.8. The third-order valence-electron chi connectivity index (χ3n) is 4.07. The van der Waals surface area contributed by atoms with E-state index in [4.69, 9.17) is 5.11 Å². The summed E-state index contributed by atoms with van der Waals surface area (Å²) in [4.78, 5) is 23.7. The predicted molar refractivity (Wildman–Crippen MR) is 93.4 cm³/mol. The largest absolute Gasteiger partial charge is 0.481 e. The van der Waals surface area contributed by atoms with Crippen LogP contribution < -0.4 is 4.90 Å². The summed E-state index contributed by atoms with van der Waals surface area (Å²) in [6, 6.07) is 13.8. The number of carboxylic acid groups (broad SMARTS) is 1. The topological polar surface area (TPSA) is 104 Å². The molecule has 132 valence electrons. The highest BCUT2D eigenvalue weighted by molar-refractivity contribution is 5.71. The molecule has 0 spiro atoms. The molecule has 2 atom stereocenters. The number of rotatable bonds is 7. The Labute approximate surface area is 145 Å². The fraction of sp³-hybridized carbons (Fsp3) is 0.278. The van der Waals surface area contributed by atoms with Crippen LogP contribution in [0.4, 0.5) is 11.4 Å². The second-order valence-corrected chi connectivity index (χ2v) is 5.92. The molecule has 0 fully saturated rings. The number of nitrogens with zero attached hydrogens (tertiary/aromatic N) is 2. The molecule has 0 saturated carbocycles. The lowest BCUT2D eigenvalue weighted by Gasteiger charge is -2.21. The number of carboxylic acids is 1. The maximum atomic E-state index is 11.4. The van der Waals surface area contributed by atoms with Crippen LogP contribution in [0.3, 0.4) is 0 Å². The highest BCUT2D eigenvalue weighted by Crippen LogP contribution is 2.33. The molecule has 2 unspecified atom stereocenters. The van der Waals surface area contributed by atoms with Gasteiger partial charge in [-0.25, -0.2) is 0 Å². The molecule has 7 heteroatoms. The molecule has 0 radical (unpaired) electrons. The lowest BCUT2D eigenvalue weighted by Crippen LogP contribution is -2.20. The molecule has 0 heterocycles. The molecular formula is C18H20N2O5. The van der Waals surface area contributed by atoms with Gasteiger partial charge < -0.3 is 15.1 Å². The first-order valence-electron chi connectivity index (χ1n) is 7.75. The predicted octanol–water partition coefficient (Wildman–Crippen LogP) is 2.99. The van der Waals surface area contributed by atoms with Gasteiger partial charge in [0.2, 0.25) is 0 Å². The fourth-order valence-corrected chi connectivity index (χ4v) is 2.56. The van der Waals surface area contributed by atoms with E-state index < -0.39 is 22.9 Å². The zero-order valence-corrected chi connectivity index (χ0v) is 14.0. The van der Waals surface area contributed by atoms with Gasteiger partial charge in [-0.15, -0.1) is 0 Å². The normalized spacial score (nSPS) is 13.1. The monoisotopic (exact) mass is 344 g/mol. The zero-order chi connectivity index (χ0) is 18.6. The molecule has 0 saturated heterocycles. The van der Waals surface area contributed by atoms with Crippen LogP contribution in [0.1, 0.15) is 24.2 Å². The van der Waals surface area contributed by atoms with E-state index in [1.54, 1.807) is 11.9 Å². The Hall–Kier alpha value is -2.93. The molecule has 0 amide bonds. The van der Waals surface area contributed by atoms with Crippen molar-refractivity contribution in [2.45, 2.75) is 19.6 Å². The van der Waals surface area contributed by atoms with Crippen molar-refractivity contribution in [3.63, 3.8) is 0 Å². The van der Waals surface area contributed by atoms with E-state index >= 15 is 0 Å². The lowest BCUT2D eigenvalue weighted by atomic mass is 9.96. The van der Waals surface area contributed by atoms with Gasteiger partial charge in [0, 0.05) is 19.7 Å². The van der Waals surface area contributed by atoms with Crippen molar-refractivity contribution in [1.29, 1.82) is 0 Å². The van der Waals surface area contributed by atoms with Crippen LogP contribution in [-0.2, 0) is 11.3 Å². The minimum absolute atomic E-state index is 0.174. The molecule has 0 aliphatic rings. The highest BCUT2D eigenvalue weighted by Gasteiger charge is 2.26. The average molecular weight is 344 g/mol. The smallest absolute Gasteiger partial charge is 0.309 e. The number of aliphatic hydroxyl groups is 1. The molecule has 25 heavy (non-hydrogen) atoms. The minimum atomic E-state index is -1.32. The van der Waals surface area contributed by atoms with E-state index in [1.807, 2.05) is 30.3 Å². The second-order valence-electron chi connectivity index (χ2n) is 5.92. The number of hydrogen-bond donors (Lipinski definition) is 2. The third kappa shape index (κ3) is 4.33. The summed E-state index contributed by atoms with van der Waals surface area (Å²) >= 11 is 0. The summed E-state index contributed by atoms with van der Waals surface area (Å²) in [5.41, 5.74) is 1.43. The number of aliphatic carboxylic acids is 1. The van der Waals surface area contributed by atoms with Crippen LogP contribution in [0, 0.1) is 16.0 Å². The molecule has 0 aliphatic carbocycles. The van der Waals surface area contributed by atoms with E-state index in [2.05, 4.69) is 0 Å². The minimum Gasteiger partial charge on any atom is -0.481 e. The summed E-state index contributed by atoms with van der Waals surface area (Å²) in [6.07, 6.45) is -1.32. The molecular weight excluding hydrogens is 324 g/mol. The molecule has 0 bridgehead atoms. The van der Waals surface area contributed by atoms with Crippen LogP contribution in [0.15, 0.2) is 48.5 Å². The Morgan fingerprint density at radius 2 is 1.88 bits per heavy atom. The maximum Gasteiger partial charge on any atom is 0.309 e. The van der Waals surface area contributed by atoms with Crippen molar-refractivity contribution >= 4 is 17.3 Å². The maximum absolute atomic E-state index is 11.4. The first kappa shape index (κ1) is 18.4. The number of carbonyl (C=O) groups is 1. The summed E-state index contributed by atoms with van der Waals surface area (Å²) in [6.45, 7) is 1.84. The van der Waals surface area contributed by atoms with Crippen molar-refractivity contribution in [3.8, 4) is 0 Å². The Kier molecular flexibility index (Phi) is 5.71. The van der Waals surface area contributed by atoms with Crippen LogP contribution in [-0.4, -0.2) is 28.2 Å². The van der Waals surface area contributed by atoms with Crippen molar-refractivity contribution in [3.05, 3.63) is 69.8 Å². The van der Waals surface area contributed by atoms with Crippen LogP contribution in [0.25, 0.3) is 0 Å². The zero-order valence-electron chi connectivity index (χ0n) is 14.0. The number of hydrogen-bond acceptors (Lipinski definition) is 5. The summed E-state index contributed by atoms with van der Waals surface area (Å²) in [5.74, 6) is -2.23. The first-order valence-corrected chi connectivity index (χ1v) is 7.75. The Bertz CT molecular complexity index is 763. The van der Waals surface area contributed by atoms with Gasteiger partial charge in [-0.05, 0) is 24.1 Å². The third-order valence-corrected chi connectivity index (χ3v) is 4.07. The second kappa shape index (κ2) is 7.76. The average Bonchev–Trinajstić information content (AvgIpc) is 2.60. The van der Waals surface area contributed by atoms with E-state index in [9.17, 15) is 20.0 Å². The van der Waals surface area contributed by atoms with Crippen LogP contribution in [0.2, 0.25) is 0 Å². The van der Waals surface area contributed by atoms with Gasteiger partial charge in [0.1, 0.15) is 5.69 Å². The highest BCUT2D eigenvalue weighted by atomic mass is 16.6. The molecule has 2 aromatic rings. The lowest BCUT2D eigenvalue weighted by molar-refractivity contribution is -0.384. The van der Waals surface area contributed by atoms with Gasteiger partial charge >= 0.3 is 5.97 Å². The van der Waals surface area contributed by atoms with Crippen molar-refractivity contribution < 1.29 is 19.9 Å². The SMILES string of the molecule is CC(C(=O)O)C(O)c1ccc(N(C)Cc2ccccc2)c([N+](=O)[O-])c1. The summed E-state index contributed by atoms with van der Waals surface area (Å²) < 4.78 is 0. The van der Waals surface area contributed by atoms with Crippen molar-refractivity contribution in [1.82, 2.24) is 0 Å². The molecule has 0 aliphatic heterocycles. The van der Waals surface area contributed by atoms with Gasteiger partial charge in [0.25, 0.3) is 5.69 Å². The molecule has 2 rings (SSSR count). The van der Waals surface area contributed by atoms with Crippen molar-refractivity contribution in [2.24, 2.45) is 5.92 Å². The Morgan fingerprint density at radius 1 is 1.24 bits per heavy atom. The molecule has 2 aromatic carbocycles. The molecule has 2 N–H and O–H groups in total. The van der Waals surface area contributed by atoms with Crippen LogP contribution in [0.5, 0.6) is 0 Å². The number of nitro benzene ring substituents is 1. The number of anilines is 1. The number of benzene rings is 2. The van der Waals surface area contributed by atoms with Crippen LogP contribution >= 0.6 is 0 Å². The summed E-state index contributed by atoms with van der Waals surface area (Å²) in [7, 11) is 1.74. The Balaban J connectivity index is 2.33. The van der Waals surface area contributed by atoms with Gasteiger partial charge in [0.05, 0.1) is 16.9 Å². The van der Waals surface area contributed by atoms with E-state index in [0.717, 1.165) is 5.56 Å². The van der Waals surface area contributed by atoms with E-state index in [1.165, 1.54) is 25.1 Å². The van der Waals surface area contributed by atoms with Gasteiger partial charge in [-0.3, -0.25) is 14.9 Å². The molecule has 7 nitrogen and oxygen atoms in total.